The number of carboxylic acids is 1. The van der Waals surface area contributed by atoms with Gasteiger partial charge in [-0.2, -0.15) is 0 Å². The number of aliphatic carboxylic acids is 1. The van der Waals surface area contributed by atoms with Crippen LogP contribution in [0, 0.1) is 0 Å². The molecule has 2 heterocycles. The van der Waals surface area contributed by atoms with Crippen LogP contribution < -0.4 is 0 Å². The highest BCUT2D eigenvalue weighted by Gasteiger charge is 2.48. The van der Waals surface area contributed by atoms with Gasteiger partial charge < -0.3 is 5.11 Å². The molecular weight excluding hydrogens is 412 g/mol. The number of benzene rings is 1. The van der Waals surface area contributed by atoms with E-state index in [1.54, 1.807) is 6.08 Å². The van der Waals surface area contributed by atoms with Gasteiger partial charge in [0, 0.05) is 6.54 Å². The molecule has 0 aliphatic carbocycles. The Morgan fingerprint density at radius 3 is 2.62 bits per heavy atom. The van der Waals surface area contributed by atoms with E-state index < -0.39 is 29.7 Å². The number of thioether (sulfide) groups is 1. The molecule has 1 aromatic carbocycles. The molecule has 2 aliphatic rings. The Morgan fingerprint density at radius 2 is 1.97 bits per heavy atom. The van der Waals surface area contributed by atoms with Crippen LogP contribution in [0.25, 0.3) is 6.08 Å². The molecule has 2 fully saturated rings. The molecule has 0 radical (unpaired) electrons. The van der Waals surface area contributed by atoms with Crippen LogP contribution in [-0.4, -0.2) is 55.5 Å². The predicted octanol–water partition coefficient (Wildman–Crippen LogP) is 2.44. The molecule has 9 heteroatoms. The van der Waals surface area contributed by atoms with E-state index in [0.717, 1.165) is 27.8 Å². The summed E-state index contributed by atoms with van der Waals surface area (Å²) < 4.78 is 0.208. The summed E-state index contributed by atoms with van der Waals surface area (Å²) in [5.74, 6) is -2.62. The van der Waals surface area contributed by atoms with Gasteiger partial charge >= 0.3 is 5.97 Å². The third kappa shape index (κ3) is 4.63. The summed E-state index contributed by atoms with van der Waals surface area (Å²) in [6.45, 7) is 1.64. The Morgan fingerprint density at radius 1 is 1.28 bits per heavy atom. The van der Waals surface area contributed by atoms with Crippen molar-refractivity contribution >= 4 is 58.1 Å². The molecule has 2 saturated heterocycles. The van der Waals surface area contributed by atoms with Crippen molar-refractivity contribution in [2.45, 2.75) is 25.8 Å². The van der Waals surface area contributed by atoms with Gasteiger partial charge in [0.15, 0.2) is 0 Å². The number of rotatable bonds is 6. The number of carbonyl (C=O) groups is 4. The number of carbonyl (C=O) groups excluding carboxylic acids is 3. The van der Waals surface area contributed by atoms with E-state index in [-0.39, 0.29) is 23.7 Å². The molecule has 0 unspecified atom stereocenters. The number of hydrogen-bond acceptors (Lipinski definition) is 6. The SMILES string of the molecule is CC(/C=C1\SC(=S)N([C@H]2CC(=O)N(CCC(=O)O)C2=O)C1=O)=C\c1ccccc1. The number of hydrogen-bond donors (Lipinski definition) is 1. The molecule has 3 amide bonds. The van der Waals surface area contributed by atoms with Gasteiger partial charge in [0.1, 0.15) is 10.4 Å². The second kappa shape index (κ2) is 8.71. The van der Waals surface area contributed by atoms with Gasteiger partial charge in [0.05, 0.1) is 17.7 Å². The number of amides is 3. The minimum Gasteiger partial charge on any atom is -0.481 e. The first kappa shape index (κ1) is 20.9. The molecule has 0 aromatic heterocycles. The van der Waals surface area contributed by atoms with Gasteiger partial charge in [0.2, 0.25) is 5.91 Å². The average molecular weight is 431 g/mol. The summed E-state index contributed by atoms with van der Waals surface area (Å²) in [7, 11) is 0. The first-order valence-corrected chi connectivity index (χ1v) is 10.1. The molecule has 3 rings (SSSR count). The Bertz CT molecular complexity index is 955. The fourth-order valence-corrected chi connectivity index (χ4v) is 4.53. The maximum Gasteiger partial charge on any atom is 0.305 e. The zero-order chi connectivity index (χ0) is 21.1. The van der Waals surface area contributed by atoms with Crippen molar-refractivity contribution in [1.29, 1.82) is 0 Å². The molecule has 150 valence electrons. The van der Waals surface area contributed by atoms with Crippen molar-refractivity contribution in [3.8, 4) is 0 Å². The van der Waals surface area contributed by atoms with Crippen molar-refractivity contribution in [2.24, 2.45) is 0 Å². The van der Waals surface area contributed by atoms with Gasteiger partial charge in [0.25, 0.3) is 11.8 Å². The van der Waals surface area contributed by atoms with E-state index in [1.165, 1.54) is 4.90 Å². The molecule has 1 N–H and O–H groups in total. The lowest BCUT2D eigenvalue weighted by atomic mass is 10.1. The lowest BCUT2D eigenvalue weighted by molar-refractivity contribution is -0.142. The summed E-state index contributed by atoms with van der Waals surface area (Å²) in [5, 5.41) is 8.78. The van der Waals surface area contributed by atoms with Crippen molar-refractivity contribution < 1.29 is 24.3 Å². The third-order valence-electron chi connectivity index (χ3n) is 4.46. The first-order chi connectivity index (χ1) is 13.8. The zero-order valence-electron chi connectivity index (χ0n) is 15.5. The van der Waals surface area contributed by atoms with Crippen LogP contribution in [0.15, 0.2) is 46.9 Å². The van der Waals surface area contributed by atoms with Crippen LogP contribution in [-0.2, 0) is 19.2 Å². The fourth-order valence-electron chi connectivity index (χ4n) is 3.12. The van der Waals surface area contributed by atoms with Crippen molar-refractivity contribution in [2.75, 3.05) is 6.54 Å². The topological polar surface area (TPSA) is 95.0 Å². The van der Waals surface area contributed by atoms with Crippen LogP contribution in [0.5, 0.6) is 0 Å². The molecule has 7 nitrogen and oxygen atoms in total. The van der Waals surface area contributed by atoms with Crippen molar-refractivity contribution in [3.05, 3.63) is 52.4 Å². The van der Waals surface area contributed by atoms with Crippen LogP contribution in [0.3, 0.4) is 0 Å². The van der Waals surface area contributed by atoms with E-state index in [2.05, 4.69) is 0 Å². The van der Waals surface area contributed by atoms with E-state index in [4.69, 9.17) is 17.3 Å². The molecule has 0 saturated carbocycles. The molecule has 2 aliphatic heterocycles. The second-order valence-electron chi connectivity index (χ2n) is 6.60. The van der Waals surface area contributed by atoms with Gasteiger partial charge in [-0.3, -0.25) is 29.0 Å². The Balaban J connectivity index is 1.77. The lowest BCUT2D eigenvalue weighted by Gasteiger charge is -2.21. The molecule has 1 aromatic rings. The minimum absolute atomic E-state index is 0.197. The van der Waals surface area contributed by atoms with Crippen molar-refractivity contribution in [1.82, 2.24) is 9.80 Å². The summed E-state index contributed by atoms with van der Waals surface area (Å²) in [6.07, 6.45) is 3.09. The Labute approximate surface area is 177 Å². The standard InChI is InChI=1S/C20H18N2O5S2/c1-12(9-13-5-3-2-4-6-13)10-15-19(27)22(20(28)29-15)14-11-16(23)21(18(14)26)8-7-17(24)25/h2-6,9-10,14H,7-8,11H2,1H3,(H,24,25)/b12-9+,15-10-/t14-/m0/s1. The van der Waals surface area contributed by atoms with Crippen LogP contribution in [0.4, 0.5) is 0 Å². The summed E-state index contributed by atoms with van der Waals surface area (Å²) in [5.41, 5.74) is 1.83. The van der Waals surface area contributed by atoms with Crippen LogP contribution in [0.2, 0.25) is 0 Å². The quantitative estimate of drug-likeness (QED) is 0.421. The van der Waals surface area contributed by atoms with Gasteiger partial charge in [-0.05, 0) is 24.1 Å². The second-order valence-corrected chi connectivity index (χ2v) is 8.27. The zero-order valence-corrected chi connectivity index (χ0v) is 17.2. The smallest absolute Gasteiger partial charge is 0.305 e. The van der Waals surface area contributed by atoms with E-state index in [1.807, 2.05) is 43.3 Å². The van der Waals surface area contributed by atoms with E-state index in [9.17, 15) is 19.2 Å². The monoisotopic (exact) mass is 430 g/mol. The Hall–Kier alpha value is -2.78. The number of carboxylic acid groups (broad SMARTS) is 1. The van der Waals surface area contributed by atoms with Gasteiger partial charge in [-0.15, -0.1) is 0 Å². The number of thiocarbonyl (C=S) groups is 1. The van der Waals surface area contributed by atoms with E-state index in [0.29, 0.717) is 4.91 Å². The van der Waals surface area contributed by atoms with Crippen LogP contribution >= 0.6 is 24.0 Å². The summed E-state index contributed by atoms with van der Waals surface area (Å²) in [6, 6.07) is 8.61. The predicted molar refractivity (Wildman–Crippen MR) is 113 cm³/mol. The average Bonchev–Trinajstić information content (AvgIpc) is 3.08. The summed E-state index contributed by atoms with van der Waals surface area (Å²) in [4.78, 5) is 50.8. The molecule has 1 atom stereocenters. The number of imide groups is 1. The largest absolute Gasteiger partial charge is 0.481 e. The maximum absolute atomic E-state index is 12.9. The normalized spacial score (nSPS) is 21.6. The highest BCUT2D eigenvalue weighted by molar-refractivity contribution is 8.26. The first-order valence-electron chi connectivity index (χ1n) is 8.84. The fraction of sp³-hybridized carbons (Fsp3) is 0.250. The van der Waals surface area contributed by atoms with Gasteiger partial charge in [-0.1, -0.05) is 60.4 Å². The van der Waals surface area contributed by atoms with E-state index >= 15 is 0 Å². The highest BCUT2D eigenvalue weighted by Crippen LogP contribution is 2.36. The summed E-state index contributed by atoms with van der Waals surface area (Å²) >= 11 is 6.36. The molecular formula is C20H18N2O5S2. The van der Waals surface area contributed by atoms with Crippen molar-refractivity contribution in [3.63, 3.8) is 0 Å². The minimum atomic E-state index is -1.11. The van der Waals surface area contributed by atoms with Crippen LogP contribution in [0.1, 0.15) is 25.3 Å². The number of nitrogens with zero attached hydrogens (tertiary/aromatic N) is 2. The van der Waals surface area contributed by atoms with Gasteiger partial charge in [-0.25, -0.2) is 0 Å². The maximum atomic E-state index is 12.9. The number of likely N-dealkylation sites (tertiary alicyclic amines) is 1. The molecule has 0 bridgehead atoms. The highest BCUT2D eigenvalue weighted by atomic mass is 32.2. The third-order valence-corrected chi connectivity index (χ3v) is 5.79. The molecule has 29 heavy (non-hydrogen) atoms. The molecule has 0 spiro atoms. The lowest BCUT2D eigenvalue weighted by Crippen LogP contribution is -2.44. The Kier molecular flexibility index (Phi) is 6.29. The number of allylic oxidation sites excluding steroid dienone is 2.